The Balaban J connectivity index is 2.05. The molecule has 0 bridgehead atoms. The quantitative estimate of drug-likeness (QED) is 0.832. The average molecular weight is 322 g/mol. The molecule has 2 unspecified atom stereocenters. The molecule has 128 valence electrons. The molecule has 0 aromatic heterocycles. The summed E-state index contributed by atoms with van der Waals surface area (Å²) in [5.74, 6) is 1.45. The van der Waals surface area contributed by atoms with Gasteiger partial charge in [0, 0.05) is 31.7 Å². The molecule has 2 rings (SSSR count). The second kappa shape index (κ2) is 7.66. The van der Waals surface area contributed by atoms with Crippen molar-refractivity contribution in [3.8, 4) is 11.5 Å². The number of likely N-dealkylation sites (tertiary alicyclic amines) is 1. The lowest BCUT2D eigenvalue weighted by atomic mass is 10.0. The van der Waals surface area contributed by atoms with Crippen molar-refractivity contribution >= 4 is 5.91 Å². The molecule has 1 amide bonds. The number of amides is 1. The van der Waals surface area contributed by atoms with E-state index in [1.165, 1.54) is 0 Å². The second-order valence-corrected chi connectivity index (χ2v) is 6.14. The Labute approximate surface area is 137 Å². The van der Waals surface area contributed by atoms with Gasteiger partial charge in [0.15, 0.2) is 11.5 Å². The predicted octanol–water partition coefficient (Wildman–Crippen LogP) is 0.627. The molecule has 0 radical (unpaired) electrons. The summed E-state index contributed by atoms with van der Waals surface area (Å²) in [5.41, 5.74) is 0.890. The van der Waals surface area contributed by atoms with Gasteiger partial charge in [-0.3, -0.25) is 4.79 Å². The minimum atomic E-state index is 0.0695. The van der Waals surface area contributed by atoms with E-state index >= 15 is 0 Å². The average Bonchev–Trinajstić information content (AvgIpc) is 2.99. The molecule has 1 aliphatic heterocycles. The SMILES string of the molecule is COc1ccc(CC(=O)N2CC(CO)C(N(C)C)C2)cc1OC. The molecule has 23 heavy (non-hydrogen) atoms. The van der Waals surface area contributed by atoms with Gasteiger partial charge in [-0.25, -0.2) is 0 Å². The summed E-state index contributed by atoms with van der Waals surface area (Å²) >= 11 is 0. The van der Waals surface area contributed by atoms with Gasteiger partial charge in [-0.15, -0.1) is 0 Å². The number of hydrogen-bond acceptors (Lipinski definition) is 5. The Morgan fingerprint density at radius 2 is 1.96 bits per heavy atom. The summed E-state index contributed by atoms with van der Waals surface area (Å²) in [5, 5.41) is 9.51. The lowest BCUT2D eigenvalue weighted by molar-refractivity contribution is -0.129. The fourth-order valence-electron chi connectivity index (χ4n) is 3.10. The minimum Gasteiger partial charge on any atom is -0.493 e. The summed E-state index contributed by atoms with van der Waals surface area (Å²) in [4.78, 5) is 16.5. The Bertz CT molecular complexity index is 547. The molecule has 1 aromatic rings. The standard InChI is InChI=1S/C17H26N2O4/c1-18(2)14-10-19(9-13(14)11-20)17(21)8-12-5-6-15(22-3)16(7-12)23-4/h5-7,13-14,20H,8-11H2,1-4H3. The van der Waals surface area contributed by atoms with Gasteiger partial charge in [-0.1, -0.05) is 6.07 Å². The number of likely N-dealkylation sites (N-methyl/N-ethyl adjacent to an activating group) is 1. The van der Waals surface area contributed by atoms with Crippen LogP contribution in [0.4, 0.5) is 0 Å². The van der Waals surface area contributed by atoms with Crippen LogP contribution in [0.5, 0.6) is 11.5 Å². The second-order valence-electron chi connectivity index (χ2n) is 6.14. The van der Waals surface area contributed by atoms with Crippen molar-refractivity contribution in [1.82, 2.24) is 9.80 Å². The number of ether oxygens (including phenoxy) is 2. The molecule has 0 aliphatic carbocycles. The van der Waals surface area contributed by atoms with Crippen LogP contribution >= 0.6 is 0 Å². The zero-order chi connectivity index (χ0) is 17.0. The van der Waals surface area contributed by atoms with Crippen LogP contribution in [0.15, 0.2) is 18.2 Å². The van der Waals surface area contributed by atoms with E-state index in [1.54, 1.807) is 14.2 Å². The molecule has 6 heteroatoms. The molecular formula is C17H26N2O4. The van der Waals surface area contributed by atoms with Crippen molar-refractivity contribution < 1.29 is 19.4 Å². The van der Waals surface area contributed by atoms with Crippen molar-refractivity contribution in [2.24, 2.45) is 5.92 Å². The molecule has 0 spiro atoms. The maximum atomic E-state index is 12.6. The van der Waals surface area contributed by atoms with E-state index in [0.29, 0.717) is 31.0 Å². The molecule has 1 saturated heterocycles. The predicted molar refractivity (Wildman–Crippen MR) is 87.9 cm³/mol. The number of nitrogens with zero attached hydrogens (tertiary/aromatic N) is 2. The van der Waals surface area contributed by atoms with E-state index in [9.17, 15) is 9.90 Å². The van der Waals surface area contributed by atoms with Crippen LogP contribution in [-0.2, 0) is 11.2 Å². The number of carbonyl (C=O) groups excluding carboxylic acids is 1. The molecule has 1 N–H and O–H groups in total. The molecule has 1 fully saturated rings. The fourth-order valence-corrected chi connectivity index (χ4v) is 3.10. The van der Waals surface area contributed by atoms with E-state index in [2.05, 4.69) is 4.90 Å². The summed E-state index contributed by atoms with van der Waals surface area (Å²) in [6.45, 7) is 1.36. The number of benzene rings is 1. The van der Waals surface area contributed by atoms with Crippen LogP contribution in [0.3, 0.4) is 0 Å². The Kier molecular flexibility index (Phi) is 5.85. The topological polar surface area (TPSA) is 62.2 Å². The van der Waals surface area contributed by atoms with Crippen molar-refractivity contribution in [2.45, 2.75) is 12.5 Å². The van der Waals surface area contributed by atoms with Gasteiger partial charge in [-0.05, 0) is 31.8 Å². The van der Waals surface area contributed by atoms with Crippen LogP contribution < -0.4 is 9.47 Å². The number of methoxy groups -OCH3 is 2. The zero-order valence-corrected chi connectivity index (χ0v) is 14.3. The fraction of sp³-hybridized carbons (Fsp3) is 0.588. The Morgan fingerprint density at radius 1 is 1.26 bits per heavy atom. The van der Waals surface area contributed by atoms with Crippen LogP contribution in [0, 0.1) is 5.92 Å². The van der Waals surface area contributed by atoms with Gasteiger partial charge < -0.3 is 24.4 Å². The zero-order valence-electron chi connectivity index (χ0n) is 14.3. The summed E-state index contributed by atoms with van der Waals surface area (Å²) in [6, 6.07) is 5.72. The third-order valence-electron chi connectivity index (χ3n) is 4.46. The number of rotatable bonds is 6. The van der Waals surface area contributed by atoms with E-state index in [1.807, 2.05) is 37.2 Å². The highest BCUT2D eigenvalue weighted by Gasteiger charge is 2.35. The maximum absolute atomic E-state index is 12.6. The first-order valence-corrected chi connectivity index (χ1v) is 7.76. The Morgan fingerprint density at radius 3 is 2.48 bits per heavy atom. The molecular weight excluding hydrogens is 296 g/mol. The van der Waals surface area contributed by atoms with Gasteiger partial charge in [0.2, 0.25) is 5.91 Å². The van der Waals surface area contributed by atoms with E-state index in [4.69, 9.17) is 9.47 Å². The number of aliphatic hydroxyl groups is 1. The van der Waals surface area contributed by atoms with Gasteiger partial charge in [0.05, 0.1) is 20.6 Å². The van der Waals surface area contributed by atoms with Crippen LogP contribution in [-0.4, -0.2) is 74.9 Å². The Hall–Kier alpha value is -1.79. The van der Waals surface area contributed by atoms with E-state index in [-0.39, 0.29) is 24.5 Å². The molecule has 1 heterocycles. The first-order chi connectivity index (χ1) is 11.0. The van der Waals surface area contributed by atoms with Gasteiger partial charge in [0.25, 0.3) is 0 Å². The van der Waals surface area contributed by atoms with Crippen LogP contribution in [0.1, 0.15) is 5.56 Å². The third kappa shape index (κ3) is 3.95. The monoisotopic (exact) mass is 322 g/mol. The first kappa shape index (κ1) is 17.6. The highest BCUT2D eigenvalue weighted by atomic mass is 16.5. The van der Waals surface area contributed by atoms with Crippen molar-refractivity contribution in [3.05, 3.63) is 23.8 Å². The minimum absolute atomic E-state index is 0.0695. The van der Waals surface area contributed by atoms with Gasteiger partial charge >= 0.3 is 0 Å². The lowest BCUT2D eigenvalue weighted by Crippen LogP contribution is -2.37. The summed E-state index contributed by atoms with van der Waals surface area (Å²) in [7, 11) is 7.13. The van der Waals surface area contributed by atoms with E-state index < -0.39 is 0 Å². The number of aliphatic hydroxyl groups excluding tert-OH is 1. The van der Waals surface area contributed by atoms with Crippen molar-refractivity contribution in [1.29, 1.82) is 0 Å². The summed E-state index contributed by atoms with van der Waals surface area (Å²) < 4.78 is 10.5. The van der Waals surface area contributed by atoms with Gasteiger partial charge in [0.1, 0.15) is 0 Å². The molecule has 1 aromatic carbocycles. The highest BCUT2D eigenvalue weighted by molar-refractivity contribution is 5.79. The highest BCUT2D eigenvalue weighted by Crippen LogP contribution is 2.28. The smallest absolute Gasteiger partial charge is 0.227 e. The third-order valence-corrected chi connectivity index (χ3v) is 4.46. The van der Waals surface area contributed by atoms with Crippen LogP contribution in [0.25, 0.3) is 0 Å². The number of hydrogen-bond donors (Lipinski definition) is 1. The van der Waals surface area contributed by atoms with Crippen molar-refractivity contribution in [2.75, 3.05) is 48.0 Å². The van der Waals surface area contributed by atoms with Gasteiger partial charge in [-0.2, -0.15) is 0 Å². The summed E-state index contributed by atoms with van der Waals surface area (Å²) in [6.07, 6.45) is 0.318. The molecule has 1 aliphatic rings. The van der Waals surface area contributed by atoms with Crippen molar-refractivity contribution in [3.63, 3.8) is 0 Å². The largest absolute Gasteiger partial charge is 0.493 e. The lowest BCUT2D eigenvalue weighted by Gasteiger charge is -2.23. The molecule has 2 atom stereocenters. The maximum Gasteiger partial charge on any atom is 0.227 e. The van der Waals surface area contributed by atoms with E-state index in [0.717, 1.165) is 5.56 Å². The normalized spacial score (nSPS) is 20.9. The van der Waals surface area contributed by atoms with Crippen LogP contribution in [0.2, 0.25) is 0 Å². The molecule has 0 saturated carbocycles. The first-order valence-electron chi connectivity index (χ1n) is 7.76. The molecule has 6 nitrogen and oxygen atoms in total. The number of carbonyl (C=O) groups is 1.